The summed E-state index contributed by atoms with van der Waals surface area (Å²) in [6, 6.07) is -0.886. The van der Waals surface area contributed by atoms with Crippen LogP contribution in [0.5, 0.6) is 0 Å². The molecule has 1 amide bonds. The number of likely N-dealkylation sites (N-methyl/N-ethyl adjacent to an activating group) is 1. The zero-order valence-electron chi connectivity index (χ0n) is 61.4. The van der Waals surface area contributed by atoms with Gasteiger partial charge in [-0.2, -0.15) is 0 Å². The van der Waals surface area contributed by atoms with Crippen LogP contribution in [0.3, 0.4) is 0 Å². The second kappa shape index (κ2) is 72.0. The van der Waals surface area contributed by atoms with Crippen LogP contribution in [0.2, 0.25) is 0 Å². The molecule has 0 aromatic rings. The third-order valence-electron chi connectivity index (χ3n) is 18.8. The minimum Gasteiger partial charge on any atom is -0.756 e. The van der Waals surface area contributed by atoms with Crippen molar-refractivity contribution in [3.8, 4) is 0 Å². The van der Waals surface area contributed by atoms with Gasteiger partial charge in [0.1, 0.15) is 13.2 Å². The fourth-order valence-electron chi connectivity index (χ4n) is 12.6. The highest BCUT2D eigenvalue weighted by Gasteiger charge is 2.23. The summed E-state index contributed by atoms with van der Waals surface area (Å²) in [6.07, 6.45) is 97.5. The fourth-order valence-corrected chi connectivity index (χ4v) is 13.3. The molecule has 0 aliphatic carbocycles. The van der Waals surface area contributed by atoms with Crippen LogP contribution in [0.15, 0.2) is 36.5 Å². The van der Waals surface area contributed by atoms with Crippen molar-refractivity contribution in [3.05, 3.63) is 36.5 Å². The van der Waals surface area contributed by atoms with E-state index in [1.165, 1.54) is 360 Å². The third kappa shape index (κ3) is 74.1. The van der Waals surface area contributed by atoms with Gasteiger partial charge in [-0.05, 0) is 51.4 Å². The summed E-state index contributed by atoms with van der Waals surface area (Å²) < 4.78 is 23.5. The maximum absolute atomic E-state index is 13.1. The number of nitrogens with zero attached hydrogens (tertiary/aromatic N) is 1. The molecule has 2 N–H and O–H groups in total. The zero-order chi connectivity index (χ0) is 65.5. The van der Waals surface area contributed by atoms with Crippen LogP contribution in [-0.2, 0) is 18.4 Å². The standard InChI is InChI=1S/C81H159N2O6P/c1-6-8-10-12-14-16-18-20-22-24-26-28-30-32-34-36-37-38-39-40-41-42-43-44-45-47-49-51-53-55-57-59-61-63-65-67-69-71-73-75-81(85)82-79(78-89-90(86,87)88-77-76-83(3,4)5)80(84)74-72-70-68-66-64-62-60-58-56-54-52-50-48-46-35-33-31-29-27-25-23-21-19-17-15-13-11-9-7-2/h18,20,24,26,72,74,79-80,84H,6-17,19,21-23,25,27-71,73,75-78H2,1-5H3,(H-,82,85,86,87)/b20-18-,26-24-,74-72+. The molecule has 3 atom stereocenters. The minimum absolute atomic E-state index is 0.00192. The highest BCUT2D eigenvalue weighted by atomic mass is 31.2. The molecule has 0 rings (SSSR count). The van der Waals surface area contributed by atoms with Crippen molar-refractivity contribution in [2.75, 3.05) is 40.9 Å². The lowest BCUT2D eigenvalue weighted by molar-refractivity contribution is -0.870. The Hall–Kier alpha value is -1.28. The summed E-state index contributed by atoms with van der Waals surface area (Å²) in [7, 11) is 1.28. The van der Waals surface area contributed by atoms with Crippen molar-refractivity contribution >= 4 is 13.7 Å². The fraction of sp³-hybridized carbons (Fsp3) is 0.914. The summed E-state index contributed by atoms with van der Waals surface area (Å²) in [5, 5.41) is 14.0. The first-order valence-electron chi connectivity index (χ1n) is 40.4. The first kappa shape index (κ1) is 88.7. The van der Waals surface area contributed by atoms with Gasteiger partial charge in [0.15, 0.2) is 0 Å². The molecule has 534 valence electrons. The molecule has 8 nitrogen and oxygen atoms in total. The molecule has 0 aromatic carbocycles. The third-order valence-corrected chi connectivity index (χ3v) is 19.8. The van der Waals surface area contributed by atoms with Crippen LogP contribution >= 0.6 is 7.82 Å². The lowest BCUT2D eigenvalue weighted by atomic mass is 10.0. The van der Waals surface area contributed by atoms with Gasteiger partial charge in [-0.15, -0.1) is 0 Å². The van der Waals surface area contributed by atoms with Gasteiger partial charge in [-0.3, -0.25) is 9.36 Å². The number of aliphatic hydroxyl groups excluding tert-OH is 1. The number of phosphoric acid groups is 1. The molecule has 0 aromatic heterocycles. The molecular weight excluding hydrogens is 1130 g/mol. The molecule has 0 saturated heterocycles. The van der Waals surface area contributed by atoms with Crippen molar-refractivity contribution < 1.29 is 32.9 Å². The van der Waals surface area contributed by atoms with Crippen LogP contribution in [0.4, 0.5) is 0 Å². The quantitative estimate of drug-likeness (QED) is 0.0272. The highest BCUT2D eigenvalue weighted by molar-refractivity contribution is 7.45. The van der Waals surface area contributed by atoms with Gasteiger partial charge in [0.25, 0.3) is 7.82 Å². The topological polar surface area (TPSA) is 108 Å². The van der Waals surface area contributed by atoms with Crippen molar-refractivity contribution in [2.24, 2.45) is 0 Å². The number of phosphoric ester groups is 1. The molecule has 0 saturated carbocycles. The number of rotatable bonds is 76. The average Bonchev–Trinajstić information content (AvgIpc) is 3.72. The Kier molecular flexibility index (Phi) is 71.0. The van der Waals surface area contributed by atoms with Crippen LogP contribution in [-0.4, -0.2) is 68.5 Å². The Bertz CT molecular complexity index is 1560. The Morgan fingerprint density at radius 2 is 0.644 bits per heavy atom. The van der Waals surface area contributed by atoms with Gasteiger partial charge in [-0.25, -0.2) is 0 Å². The number of allylic oxidation sites excluding steroid dienone is 5. The molecule has 0 radical (unpaired) electrons. The number of carbonyl (C=O) groups excluding carboxylic acids is 1. The number of hydrogen-bond donors (Lipinski definition) is 2. The van der Waals surface area contributed by atoms with E-state index >= 15 is 0 Å². The van der Waals surface area contributed by atoms with Gasteiger partial charge in [0, 0.05) is 6.42 Å². The number of carbonyl (C=O) groups is 1. The first-order valence-corrected chi connectivity index (χ1v) is 41.8. The summed E-state index contributed by atoms with van der Waals surface area (Å²) in [5.41, 5.74) is 0. The maximum atomic E-state index is 13.1. The average molecular weight is 1290 g/mol. The summed E-state index contributed by atoms with van der Waals surface area (Å²) >= 11 is 0. The van der Waals surface area contributed by atoms with Crippen molar-refractivity contribution in [1.82, 2.24) is 5.32 Å². The number of quaternary nitrogens is 1. The normalized spacial score (nSPS) is 13.6. The molecule has 90 heavy (non-hydrogen) atoms. The predicted octanol–water partition coefficient (Wildman–Crippen LogP) is 25.7. The number of unbranched alkanes of at least 4 members (excludes halogenated alkanes) is 59. The van der Waals surface area contributed by atoms with Gasteiger partial charge in [-0.1, -0.05) is 403 Å². The lowest BCUT2D eigenvalue weighted by Crippen LogP contribution is -2.45. The molecule has 9 heteroatoms. The number of nitrogens with one attached hydrogen (secondary N) is 1. The summed E-state index contributed by atoms with van der Waals surface area (Å²) in [6.45, 7) is 4.71. The van der Waals surface area contributed by atoms with Crippen molar-refractivity contribution in [3.63, 3.8) is 0 Å². The van der Waals surface area contributed by atoms with E-state index in [0.29, 0.717) is 17.4 Å². The molecule has 0 aliphatic heterocycles. The predicted molar refractivity (Wildman–Crippen MR) is 395 cm³/mol. The Labute approximate surface area is 563 Å². The molecular formula is C81H159N2O6P. The monoisotopic (exact) mass is 1290 g/mol. The smallest absolute Gasteiger partial charge is 0.268 e. The Morgan fingerprint density at radius 3 is 0.922 bits per heavy atom. The van der Waals surface area contributed by atoms with Gasteiger partial charge in [0.2, 0.25) is 5.91 Å². The largest absolute Gasteiger partial charge is 0.756 e. The van der Waals surface area contributed by atoms with Crippen LogP contribution < -0.4 is 10.2 Å². The zero-order valence-corrected chi connectivity index (χ0v) is 62.3. The van der Waals surface area contributed by atoms with Gasteiger partial charge >= 0.3 is 0 Å². The van der Waals surface area contributed by atoms with E-state index in [9.17, 15) is 19.4 Å². The van der Waals surface area contributed by atoms with E-state index in [1.807, 2.05) is 27.2 Å². The van der Waals surface area contributed by atoms with E-state index in [0.717, 1.165) is 44.9 Å². The van der Waals surface area contributed by atoms with Crippen LogP contribution in [0.25, 0.3) is 0 Å². The Morgan fingerprint density at radius 1 is 0.389 bits per heavy atom. The van der Waals surface area contributed by atoms with Crippen molar-refractivity contribution in [2.45, 2.75) is 437 Å². The lowest BCUT2D eigenvalue weighted by Gasteiger charge is -2.29. The summed E-state index contributed by atoms with van der Waals surface area (Å²) in [5.74, 6) is -0.187. The number of hydrogen-bond acceptors (Lipinski definition) is 6. The van der Waals surface area contributed by atoms with Gasteiger partial charge < -0.3 is 28.8 Å². The summed E-state index contributed by atoms with van der Waals surface area (Å²) in [4.78, 5) is 25.7. The molecule has 0 spiro atoms. The van der Waals surface area contributed by atoms with E-state index < -0.39 is 20.0 Å². The SMILES string of the molecule is CCCCCCC/C=C\C/C=C\CCCCCCCCCCCCCCCCCCCCCCCCCCCCCC(=O)NC(COP(=O)([O-])OCC[N+](C)(C)C)C(O)/C=C/CCCCCCCCCCCCCCCCCCCCCCCCCCCCC. The molecule has 0 heterocycles. The van der Waals surface area contributed by atoms with E-state index in [1.54, 1.807) is 6.08 Å². The highest BCUT2D eigenvalue weighted by Crippen LogP contribution is 2.38. The van der Waals surface area contributed by atoms with E-state index in [2.05, 4.69) is 43.5 Å². The molecule has 3 unspecified atom stereocenters. The number of aliphatic hydroxyl groups is 1. The second-order valence-corrected chi connectivity index (χ2v) is 30.5. The van der Waals surface area contributed by atoms with Crippen LogP contribution in [0.1, 0.15) is 425 Å². The van der Waals surface area contributed by atoms with E-state index in [4.69, 9.17) is 9.05 Å². The minimum atomic E-state index is -4.61. The second-order valence-electron chi connectivity index (χ2n) is 29.1. The molecule has 0 fully saturated rings. The van der Waals surface area contributed by atoms with Crippen molar-refractivity contribution in [1.29, 1.82) is 0 Å². The van der Waals surface area contributed by atoms with Crippen LogP contribution in [0, 0.1) is 0 Å². The maximum Gasteiger partial charge on any atom is 0.268 e. The number of amides is 1. The van der Waals surface area contributed by atoms with Gasteiger partial charge in [0.05, 0.1) is 39.9 Å². The Balaban J connectivity index is 3.92. The molecule has 0 aliphatic rings. The first-order chi connectivity index (χ1) is 44.0. The molecule has 0 bridgehead atoms. The van der Waals surface area contributed by atoms with E-state index in [-0.39, 0.29) is 19.1 Å².